The van der Waals surface area contributed by atoms with Gasteiger partial charge in [-0.3, -0.25) is 9.69 Å². The van der Waals surface area contributed by atoms with E-state index in [1.807, 2.05) is 6.92 Å². The summed E-state index contributed by atoms with van der Waals surface area (Å²) in [6.45, 7) is 7.65. The quantitative estimate of drug-likeness (QED) is 0.751. The van der Waals surface area contributed by atoms with Crippen LogP contribution in [0.25, 0.3) is 0 Å². The predicted octanol–water partition coefficient (Wildman–Crippen LogP) is 1.86. The van der Waals surface area contributed by atoms with E-state index in [1.54, 1.807) is 0 Å². The normalized spacial score (nSPS) is 33.5. The van der Waals surface area contributed by atoms with E-state index in [-0.39, 0.29) is 0 Å². The maximum atomic E-state index is 11.8. The lowest BCUT2D eigenvalue weighted by Gasteiger charge is -2.43. The summed E-state index contributed by atoms with van der Waals surface area (Å²) in [5.74, 6) is -0.692. The summed E-state index contributed by atoms with van der Waals surface area (Å²) in [6.07, 6.45) is 6.16. The number of nitrogens with one attached hydrogen (secondary N) is 1. The van der Waals surface area contributed by atoms with Crippen LogP contribution in [0.3, 0.4) is 0 Å². The molecular formula is C16H30N2O3. The Morgan fingerprint density at radius 3 is 2.76 bits per heavy atom. The lowest BCUT2D eigenvalue weighted by Crippen LogP contribution is -2.58. The number of carboxylic acid groups (broad SMARTS) is 1. The molecule has 21 heavy (non-hydrogen) atoms. The maximum Gasteiger partial charge on any atom is 0.323 e. The van der Waals surface area contributed by atoms with Gasteiger partial charge in [0.15, 0.2) is 0 Å². The maximum absolute atomic E-state index is 11.8. The van der Waals surface area contributed by atoms with E-state index in [4.69, 9.17) is 4.74 Å². The van der Waals surface area contributed by atoms with Gasteiger partial charge in [0, 0.05) is 19.2 Å². The molecule has 5 heteroatoms. The summed E-state index contributed by atoms with van der Waals surface area (Å²) < 4.78 is 5.75. The fourth-order valence-electron chi connectivity index (χ4n) is 3.91. The predicted molar refractivity (Wildman–Crippen MR) is 82.5 cm³/mol. The zero-order valence-corrected chi connectivity index (χ0v) is 13.4. The third-order valence-electron chi connectivity index (χ3n) is 5.03. The number of rotatable bonds is 7. The molecule has 1 aliphatic carbocycles. The molecule has 0 amide bonds. The SMILES string of the molecule is CCNC1(C(=O)O)CCCC(N(CC)CC2CCCO2)C1. The smallest absolute Gasteiger partial charge is 0.323 e. The van der Waals surface area contributed by atoms with Gasteiger partial charge in [-0.1, -0.05) is 13.8 Å². The lowest BCUT2D eigenvalue weighted by molar-refractivity contribution is -0.147. The number of aliphatic carboxylic acids is 1. The number of nitrogens with zero attached hydrogens (tertiary/aromatic N) is 1. The van der Waals surface area contributed by atoms with Crippen molar-refractivity contribution >= 4 is 5.97 Å². The van der Waals surface area contributed by atoms with Crippen LogP contribution in [0.5, 0.6) is 0 Å². The Labute approximate surface area is 128 Å². The molecule has 0 spiro atoms. The van der Waals surface area contributed by atoms with Crippen molar-refractivity contribution in [2.45, 2.75) is 70.1 Å². The molecule has 2 fully saturated rings. The fourth-order valence-corrected chi connectivity index (χ4v) is 3.91. The summed E-state index contributed by atoms with van der Waals surface area (Å²) in [5.41, 5.74) is -0.735. The number of hydrogen-bond donors (Lipinski definition) is 2. The van der Waals surface area contributed by atoms with E-state index in [0.717, 1.165) is 51.8 Å². The molecule has 1 aliphatic heterocycles. The van der Waals surface area contributed by atoms with Gasteiger partial charge >= 0.3 is 5.97 Å². The molecule has 1 heterocycles. The zero-order valence-electron chi connectivity index (χ0n) is 13.4. The summed E-state index contributed by atoms with van der Waals surface area (Å²) in [5, 5.41) is 12.9. The summed E-state index contributed by atoms with van der Waals surface area (Å²) in [7, 11) is 0. The Hall–Kier alpha value is -0.650. The zero-order chi connectivity index (χ0) is 15.3. The third kappa shape index (κ3) is 3.96. The molecular weight excluding hydrogens is 268 g/mol. The van der Waals surface area contributed by atoms with Gasteiger partial charge in [0.05, 0.1) is 6.10 Å². The van der Waals surface area contributed by atoms with E-state index in [2.05, 4.69) is 17.1 Å². The second-order valence-electron chi connectivity index (χ2n) is 6.39. The highest BCUT2D eigenvalue weighted by Gasteiger charge is 2.43. The van der Waals surface area contributed by atoms with Crippen molar-refractivity contribution in [1.82, 2.24) is 10.2 Å². The Morgan fingerprint density at radius 1 is 1.38 bits per heavy atom. The Kier molecular flexibility index (Phi) is 6.02. The fraction of sp³-hybridized carbons (Fsp3) is 0.938. The highest BCUT2D eigenvalue weighted by molar-refractivity contribution is 5.79. The van der Waals surface area contributed by atoms with Crippen molar-refractivity contribution in [2.75, 3.05) is 26.2 Å². The van der Waals surface area contributed by atoms with Crippen LogP contribution in [-0.2, 0) is 9.53 Å². The van der Waals surface area contributed by atoms with E-state index in [9.17, 15) is 9.90 Å². The van der Waals surface area contributed by atoms with Gasteiger partial charge in [0.1, 0.15) is 5.54 Å². The number of carboxylic acids is 1. The summed E-state index contributed by atoms with van der Waals surface area (Å²) >= 11 is 0. The van der Waals surface area contributed by atoms with Gasteiger partial charge in [0.2, 0.25) is 0 Å². The second kappa shape index (κ2) is 7.56. The first kappa shape index (κ1) is 16.7. The Balaban J connectivity index is 2.01. The van der Waals surface area contributed by atoms with Crippen LogP contribution < -0.4 is 5.32 Å². The van der Waals surface area contributed by atoms with Crippen LogP contribution in [0, 0.1) is 0 Å². The average Bonchev–Trinajstić information content (AvgIpc) is 2.98. The van der Waals surface area contributed by atoms with Crippen molar-refractivity contribution in [3.8, 4) is 0 Å². The van der Waals surface area contributed by atoms with Crippen LogP contribution in [0.4, 0.5) is 0 Å². The number of hydrogen-bond acceptors (Lipinski definition) is 4. The van der Waals surface area contributed by atoms with Crippen molar-refractivity contribution < 1.29 is 14.6 Å². The van der Waals surface area contributed by atoms with Crippen LogP contribution in [0.1, 0.15) is 52.4 Å². The molecule has 0 aromatic carbocycles. The van der Waals surface area contributed by atoms with Crippen molar-refractivity contribution in [2.24, 2.45) is 0 Å². The van der Waals surface area contributed by atoms with Gasteiger partial charge in [-0.15, -0.1) is 0 Å². The Morgan fingerprint density at radius 2 is 2.19 bits per heavy atom. The molecule has 1 saturated carbocycles. The molecule has 3 atom stereocenters. The molecule has 2 N–H and O–H groups in total. The first-order chi connectivity index (χ1) is 10.1. The molecule has 2 aliphatic rings. The molecule has 3 unspecified atom stereocenters. The summed E-state index contributed by atoms with van der Waals surface area (Å²) in [6, 6.07) is 0.350. The molecule has 0 radical (unpaired) electrons. The third-order valence-corrected chi connectivity index (χ3v) is 5.03. The molecule has 2 rings (SSSR count). The standard InChI is InChI=1S/C16H30N2O3/c1-3-17-16(15(19)20)9-5-7-13(11-16)18(4-2)12-14-8-6-10-21-14/h13-14,17H,3-12H2,1-2H3,(H,19,20). The highest BCUT2D eigenvalue weighted by atomic mass is 16.5. The minimum Gasteiger partial charge on any atom is -0.480 e. The van der Waals surface area contributed by atoms with Crippen LogP contribution in [0.2, 0.25) is 0 Å². The van der Waals surface area contributed by atoms with Crippen LogP contribution in [0.15, 0.2) is 0 Å². The first-order valence-electron chi connectivity index (χ1n) is 8.45. The minimum absolute atomic E-state index is 0.338. The molecule has 0 bridgehead atoms. The lowest BCUT2D eigenvalue weighted by atomic mass is 9.78. The molecule has 5 nitrogen and oxygen atoms in total. The summed E-state index contributed by atoms with van der Waals surface area (Å²) in [4.78, 5) is 14.2. The molecule has 0 aromatic rings. The van der Waals surface area contributed by atoms with Gasteiger partial charge in [-0.2, -0.15) is 0 Å². The first-order valence-corrected chi connectivity index (χ1v) is 8.45. The number of ether oxygens (including phenoxy) is 1. The second-order valence-corrected chi connectivity index (χ2v) is 6.39. The van der Waals surface area contributed by atoms with Crippen molar-refractivity contribution in [1.29, 1.82) is 0 Å². The molecule has 0 aromatic heterocycles. The van der Waals surface area contributed by atoms with Gasteiger partial charge in [-0.25, -0.2) is 0 Å². The minimum atomic E-state index is -0.735. The average molecular weight is 298 g/mol. The topological polar surface area (TPSA) is 61.8 Å². The molecule has 122 valence electrons. The van der Waals surface area contributed by atoms with Crippen LogP contribution in [-0.4, -0.2) is 59.9 Å². The largest absolute Gasteiger partial charge is 0.480 e. The number of carbonyl (C=O) groups is 1. The van der Waals surface area contributed by atoms with E-state index in [0.29, 0.717) is 25.1 Å². The van der Waals surface area contributed by atoms with E-state index >= 15 is 0 Å². The van der Waals surface area contributed by atoms with Gasteiger partial charge < -0.3 is 15.2 Å². The highest BCUT2D eigenvalue weighted by Crippen LogP contribution is 2.32. The van der Waals surface area contributed by atoms with Crippen molar-refractivity contribution in [3.05, 3.63) is 0 Å². The van der Waals surface area contributed by atoms with Crippen molar-refractivity contribution in [3.63, 3.8) is 0 Å². The van der Waals surface area contributed by atoms with Gasteiger partial charge in [0.25, 0.3) is 0 Å². The monoisotopic (exact) mass is 298 g/mol. The van der Waals surface area contributed by atoms with Gasteiger partial charge in [-0.05, 0) is 51.6 Å². The van der Waals surface area contributed by atoms with E-state index in [1.165, 1.54) is 0 Å². The Bertz CT molecular complexity index is 340. The molecule has 1 saturated heterocycles. The van der Waals surface area contributed by atoms with E-state index < -0.39 is 11.5 Å². The van der Waals surface area contributed by atoms with Crippen LogP contribution >= 0.6 is 0 Å². The number of likely N-dealkylation sites (N-methyl/N-ethyl adjacent to an activating group) is 2.